The zero-order valence-electron chi connectivity index (χ0n) is 14.2. The number of hydrogen-bond acceptors (Lipinski definition) is 7. The van der Waals surface area contributed by atoms with Gasteiger partial charge in [-0.1, -0.05) is 23.4 Å². The summed E-state index contributed by atoms with van der Waals surface area (Å²) < 4.78 is 10.6. The largest absolute Gasteiger partial charge is 0.497 e. The summed E-state index contributed by atoms with van der Waals surface area (Å²) in [6.45, 7) is 0. The highest BCUT2D eigenvalue weighted by atomic mass is 35.5. The predicted molar refractivity (Wildman–Crippen MR) is 105 cm³/mol. The Balaban J connectivity index is 1.86. The fourth-order valence-electron chi connectivity index (χ4n) is 2.20. The zero-order valence-corrected chi connectivity index (χ0v) is 15.8. The van der Waals surface area contributed by atoms with Gasteiger partial charge in [-0.2, -0.15) is 0 Å². The topological polar surface area (TPSA) is 82.3 Å². The van der Waals surface area contributed by atoms with Crippen LogP contribution in [0.5, 0.6) is 11.5 Å². The fraction of sp³-hybridized carbons (Fsp3) is 0.111. The molecule has 0 amide bonds. The van der Waals surface area contributed by atoms with Gasteiger partial charge in [0, 0.05) is 16.0 Å². The van der Waals surface area contributed by atoms with E-state index in [1.54, 1.807) is 20.3 Å². The molecule has 8 heteroatoms. The van der Waals surface area contributed by atoms with Gasteiger partial charge in [-0.3, -0.25) is 0 Å². The number of nitrogen functional groups attached to an aromatic ring is 1. The van der Waals surface area contributed by atoms with Crippen LogP contribution < -0.4 is 20.5 Å². The third-order valence-electron chi connectivity index (χ3n) is 3.54. The summed E-state index contributed by atoms with van der Waals surface area (Å²) in [6, 6.07) is 12.9. The smallest absolute Gasteiger partial charge is 0.158 e. The Bertz CT molecular complexity index is 906. The lowest BCUT2D eigenvalue weighted by atomic mass is 10.2. The van der Waals surface area contributed by atoms with E-state index >= 15 is 0 Å². The summed E-state index contributed by atoms with van der Waals surface area (Å²) in [5, 5.41) is 4.52. The Kier molecular flexibility index (Phi) is 5.70. The van der Waals surface area contributed by atoms with Crippen LogP contribution in [0.25, 0.3) is 0 Å². The molecule has 0 unspecified atom stereocenters. The number of halogens is 1. The maximum absolute atomic E-state index is 6.26. The molecular weight excluding hydrogens is 372 g/mol. The van der Waals surface area contributed by atoms with E-state index in [1.165, 1.54) is 18.1 Å². The van der Waals surface area contributed by atoms with Gasteiger partial charge in [-0.25, -0.2) is 9.97 Å². The van der Waals surface area contributed by atoms with Gasteiger partial charge in [0.15, 0.2) is 5.82 Å². The van der Waals surface area contributed by atoms with E-state index in [4.69, 9.17) is 26.8 Å². The van der Waals surface area contributed by atoms with Crippen molar-refractivity contribution in [2.45, 2.75) is 9.92 Å². The standard InChI is InChI=1S/C18H17ClN4O2S/c1-24-12-5-8-14(15(9-12)25-2)23-17-16(20)18(22-10-21-17)26-13-6-3-11(19)4-7-13/h3-10H,20H2,1-2H3,(H,21,22,23). The molecule has 0 atom stereocenters. The third kappa shape index (κ3) is 4.12. The van der Waals surface area contributed by atoms with Crippen LogP contribution in [-0.2, 0) is 0 Å². The predicted octanol–water partition coefficient (Wildman–Crippen LogP) is 4.62. The van der Waals surface area contributed by atoms with Crippen LogP contribution in [0.15, 0.2) is 58.7 Å². The summed E-state index contributed by atoms with van der Waals surface area (Å²) in [4.78, 5) is 9.49. The van der Waals surface area contributed by atoms with Gasteiger partial charge in [0.1, 0.15) is 28.5 Å². The van der Waals surface area contributed by atoms with E-state index in [0.29, 0.717) is 33.1 Å². The quantitative estimate of drug-likeness (QED) is 0.596. The molecule has 3 N–H and O–H groups in total. The monoisotopic (exact) mass is 388 g/mol. The van der Waals surface area contributed by atoms with Gasteiger partial charge in [0.05, 0.1) is 19.9 Å². The minimum Gasteiger partial charge on any atom is -0.497 e. The summed E-state index contributed by atoms with van der Waals surface area (Å²) >= 11 is 7.36. The van der Waals surface area contributed by atoms with Crippen molar-refractivity contribution in [1.82, 2.24) is 9.97 Å². The minimum absolute atomic E-state index is 0.449. The van der Waals surface area contributed by atoms with Crippen LogP contribution in [0, 0.1) is 0 Å². The normalized spacial score (nSPS) is 10.4. The highest BCUT2D eigenvalue weighted by Crippen LogP contribution is 2.36. The summed E-state index contributed by atoms with van der Waals surface area (Å²) in [5.74, 6) is 1.82. The molecule has 3 aromatic rings. The van der Waals surface area contributed by atoms with Crippen molar-refractivity contribution in [3.63, 3.8) is 0 Å². The van der Waals surface area contributed by atoms with E-state index in [0.717, 1.165) is 10.6 Å². The first-order valence-corrected chi connectivity index (χ1v) is 8.83. The van der Waals surface area contributed by atoms with Crippen molar-refractivity contribution in [3.8, 4) is 11.5 Å². The van der Waals surface area contributed by atoms with Crippen LogP contribution in [0.2, 0.25) is 5.02 Å². The first-order chi connectivity index (χ1) is 12.6. The van der Waals surface area contributed by atoms with E-state index < -0.39 is 0 Å². The number of anilines is 3. The molecule has 0 bridgehead atoms. The van der Waals surface area contributed by atoms with Crippen molar-refractivity contribution in [2.24, 2.45) is 0 Å². The SMILES string of the molecule is COc1ccc(Nc2ncnc(Sc3ccc(Cl)cc3)c2N)c(OC)c1. The van der Waals surface area contributed by atoms with Gasteiger partial charge in [-0.15, -0.1) is 0 Å². The fourth-order valence-corrected chi connectivity index (χ4v) is 3.13. The van der Waals surface area contributed by atoms with E-state index in [2.05, 4.69) is 15.3 Å². The van der Waals surface area contributed by atoms with E-state index in [1.807, 2.05) is 36.4 Å². The van der Waals surface area contributed by atoms with Crippen molar-refractivity contribution in [1.29, 1.82) is 0 Å². The molecule has 0 saturated carbocycles. The van der Waals surface area contributed by atoms with Crippen LogP contribution in [-0.4, -0.2) is 24.2 Å². The second-order valence-electron chi connectivity index (χ2n) is 5.19. The Hall–Kier alpha value is -2.64. The molecule has 0 aliphatic heterocycles. The highest BCUT2D eigenvalue weighted by molar-refractivity contribution is 7.99. The van der Waals surface area contributed by atoms with E-state index in [9.17, 15) is 0 Å². The maximum Gasteiger partial charge on any atom is 0.158 e. The first-order valence-electron chi connectivity index (χ1n) is 7.63. The Morgan fingerprint density at radius 1 is 1.04 bits per heavy atom. The average molecular weight is 389 g/mol. The number of nitrogens with two attached hydrogens (primary N) is 1. The molecule has 2 aromatic carbocycles. The first kappa shape index (κ1) is 18.2. The average Bonchev–Trinajstić information content (AvgIpc) is 2.67. The summed E-state index contributed by atoms with van der Waals surface area (Å²) in [5.41, 5.74) is 7.43. The molecular formula is C18H17ClN4O2S. The number of rotatable bonds is 6. The number of aromatic nitrogens is 2. The molecule has 26 heavy (non-hydrogen) atoms. The molecule has 1 heterocycles. The van der Waals surface area contributed by atoms with Gasteiger partial charge < -0.3 is 20.5 Å². The number of methoxy groups -OCH3 is 2. The second kappa shape index (κ2) is 8.16. The molecule has 6 nitrogen and oxygen atoms in total. The van der Waals surface area contributed by atoms with Crippen LogP contribution >= 0.6 is 23.4 Å². The number of ether oxygens (including phenoxy) is 2. The number of benzene rings is 2. The highest BCUT2D eigenvalue weighted by Gasteiger charge is 2.12. The molecule has 3 rings (SSSR count). The Labute approximate surface area is 160 Å². The number of nitrogens with zero attached hydrogens (tertiary/aromatic N) is 2. The number of hydrogen-bond donors (Lipinski definition) is 2. The lowest BCUT2D eigenvalue weighted by Gasteiger charge is -2.14. The summed E-state index contributed by atoms with van der Waals surface area (Å²) in [6.07, 6.45) is 1.47. The third-order valence-corrected chi connectivity index (χ3v) is 4.82. The summed E-state index contributed by atoms with van der Waals surface area (Å²) in [7, 11) is 3.19. The minimum atomic E-state index is 0.449. The molecule has 0 aliphatic rings. The lowest BCUT2D eigenvalue weighted by molar-refractivity contribution is 0.395. The van der Waals surface area contributed by atoms with Crippen molar-refractivity contribution in [3.05, 3.63) is 53.8 Å². The molecule has 0 saturated heterocycles. The maximum atomic E-state index is 6.26. The van der Waals surface area contributed by atoms with E-state index in [-0.39, 0.29) is 0 Å². The zero-order chi connectivity index (χ0) is 18.5. The van der Waals surface area contributed by atoms with Crippen LogP contribution in [0.4, 0.5) is 17.2 Å². The molecule has 0 radical (unpaired) electrons. The van der Waals surface area contributed by atoms with Gasteiger partial charge in [0.2, 0.25) is 0 Å². The van der Waals surface area contributed by atoms with Gasteiger partial charge in [-0.05, 0) is 36.4 Å². The van der Waals surface area contributed by atoms with Crippen LogP contribution in [0.1, 0.15) is 0 Å². The van der Waals surface area contributed by atoms with Crippen molar-refractivity contribution < 1.29 is 9.47 Å². The van der Waals surface area contributed by atoms with Crippen LogP contribution in [0.3, 0.4) is 0 Å². The molecule has 0 spiro atoms. The Morgan fingerprint density at radius 2 is 1.81 bits per heavy atom. The molecule has 134 valence electrons. The molecule has 1 aromatic heterocycles. The van der Waals surface area contributed by atoms with Crippen molar-refractivity contribution in [2.75, 3.05) is 25.3 Å². The van der Waals surface area contributed by atoms with Gasteiger partial charge >= 0.3 is 0 Å². The second-order valence-corrected chi connectivity index (χ2v) is 6.69. The van der Waals surface area contributed by atoms with Gasteiger partial charge in [0.25, 0.3) is 0 Å². The molecule has 0 fully saturated rings. The van der Waals surface area contributed by atoms with Crippen molar-refractivity contribution >= 4 is 40.6 Å². The molecule has 0 aliphatic carbocycles. The Morgan fingerprint density at radius 3 is 2.50 bits per heavy atom. The number of nitrogens with one attached hydrogen (secondary N) is 1. The lowest BCUT2D eigenvalue weighted by Crippen LogP contribution is -2.03.